The van der Waals surface area contributed by atoms with Gasteiger partial charge in [-0.1, -0.05) is 54.6 Å². The van der Waals surface area contributed by atoms with Crippen molar-refractivity contribution in [2.24, 2.45) is 0 Å². The number of aromatic nitrogens is 3. The number of furan rings is 1. The van der Waals surface area contributed by atoms with Crippen LogP contribution in [-0.4, -0.2) is 14.5 Å². The number of thiophene rings is 1. The summed E-state index contributed by atoms with van der Waals surface area (Å²) in [5, 5.41) is 7.76. The van der Waals surface area contributed by atoms with Crippen molar-refractivity contribution in [3.8, 4) is 28.7 Å². The number of nitrogens with zero attached hydrogens (tertiary/aromatic N) is 3. The molecule has 6 aromatic carbocycles. The fourth-order valence-corrected chi connectivity index (χ4v) is 8.26. The van der Waals surface area contributed by atoms with Crippen molar-refractivity contribution in [1.29, 1.82) is 0 Å². The molecule has 0 bridgehead atoms. The fraction of sp³-hybridized carbons (Fsp3) is 0. The molecule has 6 heteroatoms. The second-order valence-electron chi connectivity index (χ2n) is 11.3. The molecule has 0 N–H and O–H groups in total. The quantitative estimate of drug-likeness (QED) is 0.193. The van der Waals surface area contributed by atoms with Crippen molar-refractivity contribution in [2.75, 3.05) is 0 Å². The molecule has 4 aromatic heterocycles. The van der Waals surface area contributed by atoms with Crippen LogP contribution in [0.15, 0.2) is 120 Å². The first-order valence-corrected chi connectivity index (χ1v) is 15.4. The fourth-order valence-electron chi connectivity index (χ4n) is 7.16. The molecule has 0 amide bonds. The standard InChI is InChI=1S/C38H19N3O2S/c1-4-12-26-22(8-1)32-27(18-16-20-21-17-19-31-33(37(21)43-36(20)32)24-10-3-6-15-30(24)44-31)41(26)38-39-25-11-7-14-29-34(25)35(40-38)23-9-2-5-13-28(23)42-29/h1-19H. The first-order chi connectivity index (χ1) is 21.8. The summed E-state index contributed by atoms with van der Waals surface area (Å²) in [6.07, 6.45) is 0. The molecule has 0 unspecified atom stereocenters. The second kappa shape index (κ2) is 8.01. The summed E-state index contributed by atoms with van der Waals surface area (Å²) >= 11 is 1.81. The Hall–Kier alpha value is -5.72. The van der Waals surface area contributed by atoms with Gasteiger partial charge in [-0.05, 0) is 60.7 Å². The highest BCUT2D eigenvalue weighted by Gasteiger charge is 2.25. The van der Waals surface area contributed by atoms with Gasteiger partial charge in [0.2, 0.25) is 5.95 Å². The minimum absolute atomic E-state index is 0.620. The third-order valence-corrected chi connectivity index (χ3v) is 10.2. The highest BCUT2D eigenvalue weighted by molar-refractivity contribution is 7.26. The lowest BCUT2D eigenvalue weighted by Gasteiger charge is -2.20. The third-order valence-electron chi connectivity index (χ3n) is 9.02. The van der Waals surface area contributed by atoms with E-state index < -0.39 is 0 Å². The molecule has 10 aromatic rings. The lowest BCUT2D eigenvalue weighted by atomic mass is 10.0. The Morgan fingerprint density at radius 3 is 2.25 bits per heavy atom. The van der Waals surface area contributed by atoms with Gasteiger partial charge < -0.3 is 9.15 Å². The zero-order chi connectivity index (χ0) is 28.5. The van der Waals surface area contributed by atoms with Crippen molar-refractivity contribution in [3.05, 3.63) is 115 Å². The zero-order valence-electron chi connectivity index (χ0n) is 23.0. The van der Waals surface area contributed by atoms with Crippen molar-refractivity contribution in [2.45, 2.75) is 0 Å². The van der Waals surface area contributed by atoms with Gasteiger partial charge >= 0.3 is 0 Å². The van der Waals surface area contributed by atoms with Crippen molar-refractivity contribution in [1.82, 2.24) is 14.5 Å². The number of hydrogen-bond acceptors (Lipinski definition) is 5. The van der Waals surface area contributed by atoms with Crippen LogP contribution in [0, 0.1) is 0 Å². The van der Waals surface area contributed by atoms with Crippen molar-refractivity contribution >= 4 is 86.2 Å². The summed E-state index contributed by atoms with van der Waals surface area (Å²) in [5.41, 5.74) is 6.56. The van der Waals surface area contributed by atoms with Gasteiger partial charge in [0.25, 0.3) is 0 Å². The zero-order valence-corrected chi connectivity index (χ0v) is 23.9. The van der Waals surface area contributed by atoms with E-state index in [1.165, 1.54) is 20.2 Å². The molecule has 5 heterocycles. The molecule has 0 atom stereocenters. The highest BCUT2D eigenvalue weighted by Crippen LogP contribution is 2.47. The second-order valence-corrected chi connectivity index (χ2v) is 12.4. The van der Waals surface area contributed by atoms with Crippen molar-refractivity contribution in [3.63, 3.8) is 0 Å². The molecule has 1 aliphatic heterocycles. The average molecular weight is 582 g/mol. The van der Waals surface area contributed by atoms with Gasteiger partial charge in [-0.15, -0.1) is 11.3 Å². The van der Waals surface area contributed by atoms with Crippen LogP contribution in [0.4, 0.5) is 0 Å². The molecule has 0 fully saturated rings. The molecule has 0 aliphatic carbocycles. The molecule has 11 rings (SSSR count). The van der Waals surface area contributed by atoms with E-state index in [1.54, 1.807) is 0 Å². The van der Waals surface area contributed by atoms with E-state index in [2.05, 4.69) is 83.4 Å². The maximum atomic E-state index is 6.93. The molecule has 0 saturated carbocycles. The van der Waals surface area contributed by atoms with Crippen LogP contribution in [-0.2, 0) is 0 Å². The molecule has 0 spiro atoms. The minimum Gasteiger partial charge on any atom is -0.456 e. The van der Waals surface area contributed by atoms with Crippen LogP contribution < -0.4 is 4.74 Å². The molecule has 0 saturated heterocycles. The van der Waals surface area contributed by atoms with Gasteiger partial charge in [0.1, 0.15) is 22.7 Å². The van der Waals surface area contributed by atoms with Crippen LogP contribution in [0.3, 0.4) is 0 Å². The molecular formula is C38H19N3O2S. The lowest BCUT2D eigenvalue weighted by Crippen LogP contribution is -2.06. The molecule has 44 heavy (non-hydrogen) atoms. The van der Waals surface area contributed by atoms with Crippen LogP contribution in [0.5, 0.6) is 11.5 Å². The topological polar surface area (TPSA) is 53.1 Å². The highest BCUT2D eigenvalue weighted by atomic mass is 32.1. The van der Waals surface area contributed by atoms with E-state index in [-0.39, 0.29) is 0 Å². The number of para-hydroxylation sites is 2. The van der Waals surface area contributed by atoms with Gasteiger partial charge in [-0.3, -0.25) is 4.57 Å². The summed E-state index contributed by atoms with van der Waals surface area (Å²) in [7, 11) is 0. The van der Waals surface area contributed by atoms with E-state index in [0.717, 1.165) is 77.4 Å². The average Bonchev–Trinajstić information content (AvgIpc) is 3.74. The summed E-state index contributed by atoms with van der Waals surface area (Å²) in [6, 6.07) is 39.9. The van der Waals surface area contributed by atoms with Crippen LogP contribution in [0.1, 0.15) is 0 Å². The number of rotatable bonds is 1. The molecule has 5 nitrogen and oxygen atoms in total. The first kappa shape index (κ1) is 22.8. The van der Waals surface area contributed by atoms with E-state index in [0.29, 0.717) is 5.95 Å². The third kappa shape index (κ3) is 2.79. The van der Waals surface area contributed by atoms with Crippen molar-refractivity contribution < 1.29 is 9.15 Å². The number of fused-ring (bicyclic) bond motifs is 13. The lowest BCUT2D eigenvalue weighted by molar-refractivity contribution is 0.486. The predicted molar refractivity (Wildman–Crippen MR) is 180 cm³/mol. The van der Waals surface area contributed by atoms with E-state index >= 15 is 0 Å². The maximum absolute atomic E-state index is 6.93. The number of ether oxygens (including phenoxy) is 1. The summed E-state index contributed by atoms with van der Waals surface area (Å²) in [4.78, 5) is 10.4. The molecular weight excluding hydrogens is 563 g/mol. The van der Waals surface area contributed by atoms with Gasteiger partial charge in [0.05, 0.1) is 33.0 Å². The molecule has 1 aliphatic rings. The normalized spacial score (nSPS) is 12.7. The van der Waals surface area contributed by atoms with Gasteiger partial charge in [-0.25, -0.2) is 9.97 Å². The summed E-state index contributed by atoms with van der Waals surface area (Å²) < 4.78 is 17.9. The van der Waals surface area contributed by atoms with Crippen LogP contribution in [0.25, 0.3) is 92.0 Å². The van der Waals surface area contributed by atoms with E-state index in [4.69, 9.17) is 19.1 Å². The first-order valence-electron chi connectivity index (χ1n) is 14.6. The Balaban J connectivity index is 1.28. The predicted octanol–water partition coefficient (Wildman–Crippen LogP) is 10.8. The van der Waals surface area contributed by atoms with E-state index in [1.807, 2.05) is 47.7 Å². The van der Waals surface area contributed by atoms with Gasteiger partial charge in [0.15, 0.2) is 0 Å². The Morgan fingerprint density at radius 1 is 0.523 bits per heavy atom. The van der Waals surface area contributed by atoms with Gasteiger partial charge in [-0.2, -0.15) is 0 Å². The Labute approximate surface area is 253 Å². The largest absolute Gasteiger partial charge is 0.456 e. The minimum atomic E-state index is 0.620. The Bertz CT molecular complexity index is 2880. The molecule has 0 radical (unpaired) electrons. The monoisotopic (exact) mass is 581 g/mol. The SMILES string of the molecule is c1ccc2c(c1)Oc1cccc3nc(-n4c5ccccc5c5c6oc7c(ccc8sc9ccccc9c87)c6ccc54)nc-2c13. The van der Waals surface area contributed by atoms with Gasteiger partial charge in [0, 0.05) is 41.9 Å². The number of benzene rings is 6. The number of hydrogen-bond donors (Lipinski definition) is 0. The van der Waals surface area contributed by atoms with Crippen LogP contribution >= 0.6 is 11.3 Å². The summed E-state index contributed by atoms with van der Waals surface area (Å²) in [6.45, 7) is 0. The summed E-state index contributed by atoms with van der Waals surface area (Å²) in [5.74, 6) is 2.20. The van der Waals surface area contributed by atoms with E-state index in [9.17, 15) is 0 Å². The Morgan fingerprint density at radius 2 is 1.30 bits per heavy atom. The Kier molecular flexibility index (Phi) is 4.15. The maximum Gasteiger partial charge on any atom is 0.235 e. The molecule has 204 valence electrons. The van der Waals surface area contributed by atoms with Crippen LogP contribution in [0.2, 0.25) is 0 Å². The smallest absolute Gasteiger partial charge is 0.235 e.